The van der Waals surface area contributed by atoms with Gasteiger partial charge in [0.15, 0.2) is 0 Å². The summed E-state index contributed by atoms with van der Waals surface area (Å²) in [6.07, 6.45) is 0.920. The first-order chi connectivity index (χ1) is 7.60. The largest absolute Gasteiger partial charge is 0.315 e. The maximum Gasteiger partial charge on any atom is 0.0669 e. The van der Waals surface area contributed by atoms with Gasteiger partial charge < -0.3 is 5.32 Å². The van der Waals surface area contributed by atoms with Crippen molar-refractivity contribution < 1.29 is 0 Å². The third kappa shape index (κ3) is 3.62. The molecule has 1 rings (SSSR count). The van der Waals surface area contributed by atoms with E-state index in [0.29, 0.717) is 0 Å². The monoisotopic (exact) mass is 236 g/mol. The van der Waals surface area contributed by atoms with E-state index in [-0.39, 0.29) is 11.3 Å². The minimum atomic E-state index is 0.138. The first-order valence-electron chi connectivity index (χ1n) is 5.74. The molecular weight excluding hydrogens is 216 g/mol. The lowest BCUT2D eigenvalue weighted by atomic mass is 9.91. The molecule has 0 saturated carbocycles. The van der Waals surface area contributed by atoms with Crippen LogP contribution in [0.4, 0.5) is 0 Å². The van der Waals surface area contributed by atoms with E-state index in [1.165, 1.54) is 4.88 Å². The number of nitrogens with one attached hydrogen (secondary N) is 1. The van der Waals surface area contributed by atoms with E-state index in [1.54, 1.807) is 11.3 Å². The lowest BCUT2D eigenvalue weighted by Gasteiger charge is -2.24. The number of rotatable bonds is 6. The van der Waals surface area contributed by atoms with Crippen molar-refractivity contribution in [3.63, 3.8) is 0 Å². The van der Waals surface area contributed by atoms with Crippen LogP contribution in [0.2, 0.25) is 0 Å². The van der Waals surface area contributed by atoms with Crippen molar-refractivity contribution in [2.45, 2.75) is 32.6 Å². The Balaban J connectivity index is 2.41. The number of thiophene rings is 1. The topological polar surface area (TPSA) is 35.8 Å². The average Bonchev–Trinajstić information content (AvgIpc) is 2.78. The molecule has 0 spiro atoms. The molecule has 0 radical (unpaired) electrons. The van der Waals surface area contributed by atoms with Crippen LogP contribution in [0.1, 0.15) is 32.1 Å². The summed E-state index contributed by atoms with van der Waals surface area (Å²) in [6.45, 7) is 8.24. The van der Waals surface area contributed by atoms with Gasteiger partial charge in [-0.25, -0.2) is 0 Å². The van der Waals surface area contributed by atoms with E-state index in [2.05, 4.69) is 49.7 Å². The molecule has 1 atom stereocenters. The Hall–Kier alpha value is -0.850. The Morgan fingerprint density at radius 2 is 2.31 bits per heavy atom. The van der Waals surface area contributed by atoms with Gasteiger partial charge in [-0.15, -0.1) is 11.3 Å². The molecule has 0 bridgehead atoms. The standard InChI is InChI=1S/C13H20N2S/c1-4-11(8-14)9-15-10-13(2,3)12-6-5-7-16-12/h5-7,11,15H,4,9-10H2,1-3H3. The lowest BCUT2D eigenvalue weighted by Crippen LogP contribution is -2.34. The molecule has 0 amide bonds. The zero-order valence-corrected chi connectivity index (χ0v) is 11.1. The van der Waals surface area contributed by atoms with Gasteiger partial charge in [-0.2, -0.15) is 5.26 Å². The molecule has 0 aliphatic rings. The smallest absolute Gasteiger partial charge is 0.0669 e. The zero-order valence-electron chi connectivity index (χ0n) is 10.3. The third-order valence-electron chi connectivity index (χ3n) is 2.82. The van der Waals surface area contributed by atoms with Crippen molar-refractivity contribution in [2.75, 3.05) is 13.1 Å². The molecule has 1 N–H and O–H groups in total. The van der Waals surface area contributed by atoms with Gasteiger partial charge in [0.2, 0.25) is 0 Å². The fourth-order valence-corrected chi connectivity index (χ4v) is 2.44. The summed E-state index contributed by atoms with van der Waals surface area (Å²) in [5.74, 6) is 0.138. The van der Waals surface area contributed by atoms with Crippen LogP contribution in [-0.4, -0.2) is 13.1 Å². The second-order valence-electron chi connectivity index (χ2n) is 4.73. The van der Waals surface area contributed by atoms with Gasteiger partial charge in [-0.05, 0) is 17.9 Å². The highest BCUT2D eigenvalue weighted by atomic mass is 32.1. The van der Waals surface area contributed by atoms with Crippen LogP contribution in [0.15, 0.2) is 17.5 Å². The Labute approximate surface area is 102 Å². The Kier molecular flexibility index (Phi) is 4.98. The summed E-state index contributed by atoms with van der Waals surface area (Å²) in [5.41, 5.74) is 0.155. The van der Waals surface area contributed by atoms with Gasteiger partial charge in [-0.3, -0.25) is 0 Å². The van der Waals surface area contributed by atoms with E-state index in [0.717, 1.165) is 19.5 Å². The minimum Gasteiger partial charge on any atom is -0.315 e. The van der Waals surface area contributed by atoms with Gasteiger partial charge in [0.05, 0.1) is 12.0 Å². The van der Waals surface area contributed by atoms with Crippen molar-refractivity contribution in [3.05, 3.63) is 22.4 Å². The SMILES string of the molecule is CCC(C#N)CNCC(C)(C)c1cccs1. The highest BCUT2D eigenvalue weighted by Gasteiger charge is 2.21. The quantitative estimate of drug-likeness (QED) is 0.823. The van der Waals surface area contributed by atoms with Gasteiger partial charge >= 0.3 is 0 Å². The molecule has 0 aromatic carbocycles. The molecular formula is C13H20N2S. The maximum atomic E-state index is 8.85. The molecule has 16 heavy (non-hydrogen) atoms. The third-order valence-corrected chi connectivity index (χ3v) is 4.06. The van der Waals surface area contributed by atoms with E-state index in [9.17, 15) is 0 Å². The number of nitriles is 1. The van der Waals surface area contributed by atoms with Crippen molar-refractivity contribution in [1.29, 1.82) is 5.26 Å². The molecule has 0 aliphatic carbocycles. The number of nitrogens with zero attached hydrogens (tertiary/aromatic N) is 1. The van der Waals surface area contributed by atoms with Gasteiger partial charge in [0.1, 0.15) is 0 Å². The zero-order chi connectivity index (χ0) is 12.0. The van der Waals surface area contributed by atoms with Crippen LogP contribution in [0.5, 0.6) is 0 Å². The lowest BCUT2D eigenvalue weighted by molar-refractivity contribution is 0.450. The predicted octanol–water partition coefficient (Wildman–Crippen LogP) is 3.17. The summed E-state index contributed by atoms with van der Waals surface area (Å²) in [6, 6.07) is 6.58. The number of hydrogen-bond donors (Lipinski definition) is 1. The summed E-state index contributed by atoms with van der Waals surface area (Å²) < 4.78 is 0. The molecule has 3 heteroatoms. The molecule has 1 aromatic heterocycles. The molecule has 0 fully saturated rings. The molecule has 1 unspecified atom stereocenters. The minimum absolute atomic E-state index is 0.138. The first kappa shape index (κ1) is 13.2. The van der Waals surface area contributed by atoms with Crippen molar-refractivity contribution >= 4 is 11.3 Å². The van der Waals surface area contributed by atoms with Crippen molar-refractivity contribution in [2.24, 2.45) is 5.92 Å². The Morgan fingerprint density at radius 1 is 1.56 bits per heavy atom. The molecule has 1 heterocycles. The highest BCUT2D eigenvalue weighted by Crippen LogP contribution is 2.26. The molecule has 1 aromatic rings. The fourth-order valence-electron chi connectivity index (χ4n) is 1.59. The van der Waals surface area contributed by atoms with Crippen LogP contribution >= 0.6 is 11.3 Å². The molecule has 88 valence electrons. The number of hydrogen-bond acceptors (Lipinski definition) is 3. The van der Waals surface area contributed by atoms with Crippen LogP contribution in [-0.2, 0) is 5.41 Å². The Bertz CT molecular complexity index is 335. The molecule has 0 aliphatic heterocycles. The predicted molar refractivity (Wildman–Crippen MR) is 69.6 cm³/mol. The van der Waals surface area contributed by atoms with Gasteiger partial charge in [-0.1, -0.05) is 26.8 Å². The van der Waals surface area contributed by atoms with Gasteiger partial charge in [0, 0.05) is 23.4 Å². The normalized spacial score (nSPS) is 13.4. The van der Waals surface area contributed by atoms with E-state index >= 15 is 0 Å². The first-order valence-corrected chi connectivity index (χ1v) is 6.62. The van der Waals surface area contributed by atoms with Crippen molar-refractivity contribution in [3.8, 4) is 6.07 Å². The van der Waals surface area contributed by atoms with Gasteiger partial charge in [0.25, 0.3) is 0 Å². The van der Waals surface area contributed by atoms with Crippen molar-refractivity contribution in [1.82, 2.24) is 5.32 Å². The summed E-state index contributed by atoms with van der Waals surface area (Å²) in [5, 5.41) is 14.4. The average molecular weight is 236 g/mol. The Morgan fingerprint density at radius 3 is 2.81 bits per heavy atom. The van der Waals surface area contributed by atoms with E-state index in [4.69, 9.17) is 5.26 Å². The maximum absolute atomic E-state index is 8.85. The molecule has 2 nitrogen and oxygen atoms in total. The fraction of sp³-hybridized carbons (Fsp3) is 0.615. The molecule has 0 saturated heterocycles. The van der Waals surface area contributed by atoms with Crippen LogP contribution in [0.3, 0.4) is 0 Å². The summed E-state index contributed by atoms with van der Waals surface area (Å²) in [4.78, 5) is 1.39. The van der Waals surface area contributed by atoms with E-state index < -0.39 is 0 Å². The summed E-state index contributed by atoms with van der Waals surface area (Å²) >= 11 is 1.80. The van der Waals surface area contributed by atoms with Crippen LogP contribution < -0.4 is 5.32 Å². The second-order valence-corrected chi connectivity index (χ2v) is 5.67. The van der Waals surface area contributed by atoms with Crippen LogP contribution in [0, 0.1) is 17.2 Å². The second kappa shape index (κ2) is 6.03. The highest BCUT2D eigenvalue weighted by molar-refractivity contribution is 7.10. The van der Waals surface area contributed by atoms with Crippen LogP contribution in [0.25, 0.3) is 0 Å². The van der Waals surface area contributed by atoms with E-state index in [1.807, 2.05) is 0 Å². The summed E-state index contributed by atoms with van der Waals surface area (Å²) in [7, 11) is 0.